The Balaban J connectivity index is 2.67. The molecule has 0 spiro atoms. The molecule has 0 amide bonds. The van der Waals surface area contributed by atoms with Crippen LogP contribution in [0.15, 0.2) is 24.3 Å². The van der Waals surface area contributed by atoms with E-state index in [2.05, 4.69) is 45.2 Å². The molecule has 1 aromatic rings. The normalized spacial score (nSPS) is 11.8. The molecule has 0 aromatic heterocycles. The van der Waals surface area contributed by atoms with Gasteiger partial charge >= 0.3 is 0 Å². The summed E-state index contributed by atoms with van der Waals surface area (Å²) in [7, 11) is 4.04. The average molecular weight is 222 g/mol. The maximum absolute atomic E-state index is 5.11. The summed E-state index contributed by atoms with van der Waals surface area (Å²) in [4.78, 5) is 0. The molecule has 0 saturated heterocycles. The lowest BCUT2D eigenvalue weighted by Gasteiger charge is -2.32. The number of ether oxygens (including phenoxy) is 1. The van der Waals surface area contributed by atoms with Crippen LogP contribution in [-0.4, -0.2) is 31.7 Å². The molecule has 0 fully saturated rings. The molecule has 2 heteroatoms. The summed E-state index contributed by atoms with van der Waals surface area (Å²) in [6, 6.07) is 8.76. The Bertz CT molecular complexity index is 301. The Kier molecular flexibility index (Phi) is 4.97. The topological polar surface area (TPSA) is 9.23 Å². The van der Waals surface area contributed by atoms with E-state index in [4.69, 9.17) is 4.74 Å². The van der Waals surface area contributed by atoms with E-state index in [0.717, 1.165) is 11.0 Å². The van der Waals surface area contributed by atoms with E-state index in [1.807, 2.05) is 0 Å². The number of hydrogen-bond donors (Lipinski definition) is 0. The first-order valence-electron chi connectivity index (χ1n) is 6.04. The van der Waals surface area contributed by atoms with Crippen LogP contribution in [-0.2, 0) is 17.9 Å². The highest BCUT2D eigenvalue weighted by Gasteiger charge is 2.16. The zero-order valence-corrected chi connectivity index (χ0v) is 11.0. The summed E-state index contributed by atoms with van der Waals surface area (Å²) in [5.74, 6) is 0. The molecule has 0 aliphatic carbocycles. The van der Waals surface area contributed by atoms with Gasteiger partial charge in [0.05, 0.1) is 26.7 Å². The highest BCUT2D eigenvalue weighted by Crippen LogP contribution is 2.12. The summed E-state index contributed by atoms with van der Waals surface area (Å²) >= 11 is 0. The summed E-state index contributed by atoms with van der Waals surface area (Å²) in [5.41, 5.74) is 2.65. The molecule has 16 heavy (non-hydrogen) atoms. The van der Waals surface area contributed by atoms with Crippen LogP contribution in [0.4, 0.5) is 0 Å². The Morgan fingerprint density at radius 1 is 1.00 bits per heavy atom. The number of hydrogen-bond acceptors (Lipinski definition) is 1. The first-order valence-corrected chi connectivity index (χ1v) is 6.04. The first kappa shape index (κ1) is 13.2. The second-order valence-electron chi connectivity index (χ2n) is 4.66. The summed E-state index contributed by atoms with van der Waals surface area (Å²) in [5, 5.41) is 0. The molecule has 90 valence electrons. The van der Waals surface area contributed by atoms with Crippen LogP contribution >= 0.6 is 0 Å². The van der Waals surface area contributed by atoms with Gasteiger partial charge < -0.3 is 9.22 Å². The van der Waals surface area contributed by atoms with Crippen LogP contribution < -0.4 is 0 Å². The van der Waals surface area contributed by atoms with Crippen molar-refractivity contribution < 1.29 is 9.22 Å². The fraction of sp³-hybridized carbons (Fsp3) is 0.571. The van der Waals surface area contributed by atoms with Gasteiger partial charge in [0.1, 0.15) is 6.54 Å². The molecular formula is C14H24NO+. The van der Waals surface area contributed by atoms with Crippen LogP contribution in [0, 0.1) is 0 Å². The molecular weight excluding hydrogens is 198 g/mol. The van der Waals surface area contributed by atoms with Crippen LogP contribution in [0.25, 0.3) is 0 Å². The Hall–Kier alpha value is -0.860. The Labute approximate surface area is 99.4 Å². The van der Waals surface area contributed by atoms with Gasteiger partial charge in [-0.15, -0.1) is 0 Å². The number of methoxy groups -OCH3 is 1. The highest BCUT2D eigenvalue weighted by molar-refractivity contribution is 5.21. The van der Waals surface area contributed by atoms with Crippen molar-refractivity contribution >= 4 is 0 Å². The molecule has 0 aliphatic rings. The zero-order valence-electron chi connectivity index (χ0n) is 11.0. The standard InChI is InChI=1S/C14H24NO/c1-5-15(3,6-2)11-13-7-9-14(10-8-13)12-16-4/h7-10H,5-6,11-12H2,1-4H3/q+1. The third-order valence-corrected chi connectivity index (χ3v) is 3.43. The van der Waals surface area contributed by atoms with Crippen LogP contribution in [0.3, 0.4) is 0 Å². The predicted octanol–water partition coefficient (Wildman–Crippen LogP) is 2.82. The maximum atomic E-state index is 5.11. The van der Waals surface area contributed by atoms with Gasteiger partial charge in [0, 0.05) is 12.7 Å². The highest BCUT2D eigenvalue weighted by atomic mass is 16.5. The van der Waals surface area contributed by atoms with Gasteiger partial charge in [-0.1, -0.05) is 24.3 Å². The van der Waals surface area contributed by atoms with E-state index in [1.165, 1.54) is 24.2 Å². The minimum atomic E-state index is 0.702. The molecule has 0 unspecified atom stereocenters. The number of nitrogens with zero attached hydrogens (tertiary/aromatic N) is 1. The molecule has 0 atom stereocenters. The van der Waals surface area contributed by atoms with Crippen molar-refractivity contribution in [3.8, 4) is 0 Å². The lowest BCUT2D eigenvalue weighted by atomic mass is 10.1. The summed E-state index contributed by atoms with van der Waals surface area (Å²) in [6.07, 6.45) is 0. The molecule has 0 aliphatic heterocycles. The lowest BCUT2D eigenvalue weighted by molar-refractivity contribution is -0.919. The summed E-state index contributed by atoms with van der Waals surface area (Å²) < 4.78 is 6.21. The second kappa shape index (κ2) is 6.02. The molecule has 1 aromatic carbocycles. The van der Waals surface area contributed by atoms with Crippen LogP contribution in [0.5, 0.6) is 0 Å². The van der Waals surface area contributed by atoms with Crippen molar-refractivity contribution in [2.45, 2.75) is 27.0 Å². The largest absolute Gasteiger partial charge is 0.380 e. The Morgan fingerprint density at radius 3 is 1.94 bits per heavy atom. The molecule has 0 heterocycles. The van der Waals surface area contributed by atoms with Crippen LogP contribution in [0.2, 0.25) is 0 Å². The fourth-order valence-corrected chi connectivity index (χ4v) is 1.80. The molecule has 0 N–H and O–H groups in total. The van der Waals surface area contributed by atoms with Gasteiger partial charge in [-0.2, -0.15) is 0 Å². The van der Waals surface area contributed by atoms with E-state index >= 15 is 0 Å². The van der Waals surface area contributed by atoms with Gasteiger partial charge in [-0.25, -0.2) is 0 Å². The molecule has 0 radical (unpaired) electrons. The lowest BCUT2D eigenvalue weighted by Crippen LogP contribution is -2.42. The van der Waals surface area contributed by atoms with Gasteiger partial charge in [0.2, 0.25) is 0 Å². The molecule has 2 nitrogen and oxygen atoms in total. The van der Waals surface area contributed by atoms with Crippen molar-refractivity contribution in [1.82, 2.24) is 0 Å². The SMILES string of the molecule is CC[N+](C)(CC)Cc1ccc(COC)cc1. The number of quaternary nitrogens is 1. The minimum absolute atomic E-state index is 0.702. The van der Waals surface area contributed by atoms with Crippen LogP contribution in [0.1, 0.15) is 25.0 Å². The van der Waals surface area contributed by atoms with E-state index < -0.39 is 0 Å². The molecule has 0 saturated carbocycles. The third-order valence-electron chi connectivity index (χ3n) is 3.43. The predicted molar refractivity (Wildman–Crippen MR) is 68.1 cm³/mol. The fourth-order valence-electron chi connectivity index (χ4n) is 1.80. The quantitative estimate of drug-likeness (QED) is 0.673. The van der Waals surface area contributed by atoms with Gasteiger partial charge in [-0.05, 0) is 19.4 Å². The van der Waals surface area contributed by atoms with Crippen molar-refractivity contribution in [2.24, 2.45) is 0 Å². The van der Waals surface area contributed by atoms with Gasteiger partial charge in [-0.3, -0.25) is 0 Å². The van der Waals surface area contributed by atoms with Crippen molar-refractivity contribution in [1.29, 1.82) is 0 Å². The second-order valence-corrected chi connectivity index (χ2v) is 4.66. The third kappa shape index (κ3) is 3.62. The minimum Gasteiger partial charge on any atom is -0.380 e. The number of benzene rings is 1. The average Bonchev–Trinajstić information content (AvgIpc) is 2.32. The monoisotopic (exact) mass is 222 g/mol. The van der Waals surface area contributed by atoms with Gasteiger partial charge in [0.15, 0.2) is 0 Å². The van der Waals surface area contributed by atoms with Crippen molar-refractivity contribution in [3.63, 3.8) is 0 Å². The first-order chi connectivity index (χ1) is 7.63. The Morgan fingerprint density at radius 2 is 1.50 bits per heavy atom. The molecule has 1 rings (SSSR count). The van der Waals surface area contributed by atoms with E-state index in [9.17, 15) is 0 Å². The molecule has 0 bridgehead atoms. The van der Waals surface area contributed by atoms with E-state index in [1.54, 1.807) is 7.11 Å². The maximum Gasteiger partial charge on any atom is 0.104 e. The smallest absolute Gasteiger partial charge is 0.104 e. The van der Waals surface area contributed by atoms with E-state index in [-0.39, 0.29) is 0 Å². The van der Waals surface area contributed by atoms with Crippen molar-refractivity contribution in [2.75, 3.05) is 27.2 Å². The zero-order chi connectivity index (χ0) is 12.0. The number of rotatable bonds is 6. The van der Waals surface area contributed by atoms with E-state index in [0.29, 0.717) is 6.61 Å². The van der Waals surface area contributed by atoms with Crippen molar-refractivity contribution in [3.05, 3.63) is 35.4 Å². The van der Waals surface area contributed by atoms with Gasteiger partial charge in [0.25, 0.3) is 0 Å². The summed E-state index contributed by atoms with van der Waals surface area (Å²) in [6.45, 7) is 8.67.